The number of nitrogen functional groups attached to an aromatic ring is 1. The fourth-order valence-electron chi connectivity index (χ4n) is 1.49. The number of hydrogen-bond acceptors (Lipinski definition) is 9. The number of nitrogens with one attached hydrogen (secondary N) is 2. The van der Waals surface area contributed by atoms with Gasteiger partial charge in [-0.05, 0) is 13.8 Å². The quantitative estimate of drug-likeness (QED) is 0.279. The van der Waals surface area contributed by atoms with E-state index in [2.05, 4.69) is 20.7 Å². The van der Waals surface area contributed by atoms with E-state index in [0.717, 1.165) is 0 Å². The Hall–Kier alpha value is -2.49. The SMILES string of the molecule is CCOC(=O)CCNc1nc(NN)nc(C)c1[N+](=O)[O-]. The average molecular weight is 284 g/mol. The lowest BCUT2D eigenvalue weighted by Gasteiger charge is -2.09. The Morgan fingerprint density at radius 3 is 2.75 bits per heavy atom. The standard InChI is InChI=1S/C10H16N6O4/c1-3-20-7(17)4-5-12-9-8(16(18)19)6(2)13-10(14-9)15-11/h3-5,11H2,1-2H3,(H2,12,13,14,15). The third-order valence-electron chi connectivity index (χ3n) is 2.30. The molecule has 110 valence electrons. The van der Waals surface area contributed by atoms with Crippen molar-refractivity contribution in [2.24, 2.45) is 5.84 Å². The van der Waals surface area contributed by atoms with E-state index in [4.69, 9.17) is 10.6 Å². The van der Waals surface area contributed by atoms with Crippen LogP contribution in [0.3, 0.4) is 0 Å². The lowest BCUT2D eigenvalue weighted by atomic mass is 10.3. The molecule has 0 amide bonds. The van der Waals surface area contributed by atoms with E-state index >= 15 is 0 Å². The molecule has 0 spiro atoms. The minimum atomic E-state index is -0.595. The third-order valence-corrected chi connectivity index (χ3v) is 2.30. The van der Waals surface area contributed by atoms with Gasteiger partial charge in [0.1, 0.15) is 5.69 Å². The number of nitrogens with zero attached hydrogens (tertiary/aromatic N) is 3. The number of esters is 1. The normalized spacial score (nSPS) is 9.95. The van der Waals surface area contributed by atoms with E-state index < -0.39 is 10.9 Å². The third kappa shape index (κ3) is 4.02. The first-order valence-electron chi connectivity index (χ1n) is 5.88. The van der Waals surface area contributed by atoms with Crippen LogP contribution in [-0.4, -0.2) is 34.0 Å². The summed E-state index contributed by atoms with van der Waals surface area (Å²) in [7, 11) is 0. The minimum Gasteiger partial charge on any atom is -0.466 e. The van der Waals surface area contributed by atoms with Crippen LogP contribution >= 0.6 is 0 Å². The fourth-order valence-corrected chi connectivity index (χ4v) is 1.49. The zero-order valence-electron chi connectivity index (χ0n) is 11.2. The van der Waals surface area contributed by atoms with Gasteiger partial charge < -0.3 is 10.1 Å². The summed E-state index contributed by atoms with van der Waals surface area (Å²) in [5, 5.41) is 13.7. The summed E-state index contributed by atoms with van der Waals surface area (Å²) in [6.45, 7) is 3.60. The summed E-state index contributed by atoms with van der Waals surface area (Å²) in [6, 6.07) is 0. The maximum Gasteiger partial charge on any atom is 0.332 e. The topological polar surface area (TPSA) is 145 Å². The monoisotopic (exact) mass is 284 g/mol. The van der Waals surface area contributed by atoms with Gasteiger partial charge in [-0.15, -0.1) is 0 Å². The van der Waals surface area contributed by atoms with Crippen molar-refractivity contribution in [1.29, 1.82) is 0 Å². The van der Waals surface area contributed by atoms with Crippen molar-refractivity contribution in [2.45, 2.75) is 20.3 Å². The summed E-state index contributed by atoms with van der Waals surface area (Å²) < 4.78 is 4.75. The maximum atomic E-state index is 11.2. The number of carbonyl (C=O) groups excluding carboxylic acids is 1. The molecule has 0 bridgehead atoms. The predicted octanol–water partition coefficient (Wildman–Crippen LogP) is 0.344. The molecule has 10 nitrogen and oxygen atoms in total. The molecule has 10 heteroatoms. The fraction of sp³-hybridized carbons (Fsp3) is 0.500. The van der Waals surface area contributed by atoms with E-state index in [9.17, 15) is 14.9 Å². The molecule has 0 fully saturated rings. The molecule has 1 heterocycles. The van der Waals surface area contributed by atoms with E-state index in [0.29, 0.717) is 0 Å². The highest BCUT2D eigenvalue weighted by molar-refractivity contribution is 5.70. The van der Waals surface area contributed by atoms with Gasteiger partial charge in [0.05, 0.1) is 18.0 Å². The second-order valence-electron chi connectivity index (χ2n) is 3.71. The van der Waals surface area contributed by atoms with Gasteiger partial charge in [0, 0.05) is 6.54 Å². The van der Waals surface area contributed by atoms with Crippen molar-refractivity contribution < 1.29 is 14.5 Å². The zero-order chi connectivity index (χ0) is 15.1. The van der Waals surface area contributed by atoms with E-state index in [1.54, 1.807) is 6.92 Å². The molecule has 1 rings (SSSR count). The molecule has 0 aliphatic rings. The summed E-state index contributed by atoms with van der Waals surface area (Å²) in [6.07, 6.45) is 0.0689. The summed E-state index contributed by atoms with van der Waals surface area (Å²) in [5.74, 6) is 4.83. The number of anilines is 2. The van der Waals surface area contributed by atoms with Gasteiger partial charge in [-0.1, -0.05) is 0 Å². The molecule has 0 saturated heterocycles. The Kier molecular flexibility index (Phi) is 5.59. The smallest absolute Gasteiger partial charge is 0.332 e. The number of carbonyl (C=O) groups is 1. The van der Waals surface area contributed by atoms with Gasteiger partial charge in [-0.25, -0.2) is 10.8 Å². The van der Waals surface area contributed by atoms with Crippen LogP contribution in [0, 0.1) is 17.0 Å². The Balaban J connectivity index is 2.84. The molecule has 0 unspecified atom stereocenters. The number of hydrogen-bond donors (Lipinski definition) is 3. The largest absolute Gasteiger partial charge is 0.466 e. The van der Waals surface area contributed by atoms with Crippen LogP contribution in [0.15, 0.2) is 0 Å². The Labute approximate surface area is 114 Å². The molecule has 0 aliphatic carbocycles. The van der Waals surface area contributed by atoms with Crippen LogP contribution in [0.4, 0.5) is 17.5 Å². The van der Waals surface area contributed by atoms with Crippen molar-refractivity contribution in [3.05, 3.63) is 15.8 Å². The van der Waals surface area contributed by atoms with Gasteiger partial charge in [-0.3, -0.25) is 20.3 Å². The van der Waals surface area contributed by atoms with Crippen LogP contribution < -0.4 is 16.6 Å². The van der Waals surface area contributed by atoms with Crippen molar-refractivity contribution in [3.63, 3.8) is 0 Å². The van der Waals surface area contributed by atoms with Crippen LogP contribution in [-0.2, 0) is 9.53 Å². The van der Waals surface area contributed by atoms with Crippen molar-refractivity contribution >= 4 is 23.4 Å². The number of rotatable bonds is 7. The number of aromatic nitrogens is 2. The Bertz CT molecular complexity index is 507. The van der Waals surface area contributed by atoms with Gasteiger partial charge in [0.15, 0.2) is 0 Å². The first-order chi connectivity index (χ1) is 9.49. The number of nitrogens with two attached hydrogens (primary N) is 1. The van der Waals surface area contributed by atoms with Crippen LogP contribution in [0.2, 0.25) is 0 Å². The van der Waals surface area contributed by atoms with Crippen LogP contribution in [0.25, 0.3) is 0 Å². The average Bonchev–Trinajstić information content (AvgIpc) is 2.37. The lowest BCUT2D eigenvalue weighted by molar-refractivity contribution is -0.385. The molecule has 1 aromatic heterocycles. The number of ether oxygens (including phenoxy) is 1. The summed E-state index contributed by atoms with van der Waals surface area (Å²) in [4.78, 5) is 29.3. The Morgan fingerprint density at radius 2 is 2.20 bits per heavy atom. The lowest BCUT2D eigenvalue weighted by Crippen LogP contribution is -2.16. The highest BCUT2D eigenvalue weighted by Crippen LogP contribution is 2.26. The van der Waals surface area contributed by atoms with E-state index in [1.807, 2.05) is 0 Å². The van der Waals surface area contributed by atoms with Crippen molar-refractivity contribution in [3.8, 4) is 0 Å². The number of nitro groups is 1. The molecule has 0 aliphatic heterocycles. The maximum absolute atomic E-state index is 11.2. The summed E-state index contributed by atoms with van der Waals surface area (Å²) >= 11 is 0. The van der Waals surface area contributed by atoms with Gasteiger partial charge in [-0.2, -0.15) is 4.98 Å². The van der Waals surface area contributed by atoms with Gasteiger partial charge in [0.2, 0.25) is 11.8 Å². The molecule has 0 atom stereocenters. The first-order valence-corrected chi connectivity index (χ1v) is 5.88. The first kappa shape index (κ1) is 15.6. The van der Waals surface area contributed by atoms with Crippen LogP contribution in [0.1, 0.15) is 19.0 Å². The van der Waals surface area contributed by atoms with Crippen LogP contribution in [0.5, 0.6) is 0 Å². The van der Waals surface area contributed by atoms with Gasteiger partial charge in [0.25, 0.3) is 0 Å². The molecular formula is C10H16N6O4. The highest BCUT2D eigenvalue weighted by Gasteiger charge is 2.21. The molecular weight excluding hydrogens is 268 g/mol. The second kappa shape index (κ2) is 7.19. The zero-order valence-corrected chi connectivity index (χ0v) is 11.2. The number of aryl methyl sites for hydroxylation is 1. The van der Waals surface area contributed by atoms with Crippen molar-refractivity contribution in [1.82, 2.24) is 9.97 Å². The molecule has 0 aromatic carbocycles. The van der Waals surface area contributed by atoms with Crippen molar-refractivity contribution in [2.75, 3.05) is 23.9 Å². The second-order valence-corrected chi connectivity index (χ2v) is 3.71. The van der Waals surface area contributed by atoms with Gasteiger partial charge >= 0.3 is 11.7 Å². The molecule has 0 saturated carbocycles. The van der Waals surface area contributed by atoms with E-state index in [1.165, 1.54) is 6.92 Å². The molecule has 1 aromatic rings. The minimum absolute atomic E-state index is 0.000233. The predicted molar refractivity (Wildman–Crippen MR) is 71.0 cm³/mol. The summed E-state index contributed by atoms with van der Waals surface area (Å²) in [5.41, 5.74) is 2.12. The molecule has 4 N–H and O–H groups in total. The highest BCUT2D eigenvalue weighted by atomic mass is 16.6. The molecule has 20 heavy (non-hydrogen) atoms. The molecule has 0 radical (unpaired) electrons. The Morgan fingerprint density at radius 1 is 1.50 bits per heavy atom. The number of hydrazine groups is 1. The van der Waals surface area contributed by atoms with E-state index in [-0.39, 0.29) is 42.7 Å².